The van der Waals surface area contributed by atoms with Crippen molar-refractivity contribution in [2.75, 3.05) is 11.4 Å². The monoisotopic (exact) mass is 253 g/mol. The van der Waals surface area contributed by atoms with Gasteiger partial charge in [0.05, 0.1) is 11.1 Å². The summed E-state index contributed by atoms with van der Waals surface area (Å²) < 4.78 is 0. The number of aromatic nitrogens is 1. The molecule has 2 heterocycles. The molecule has 7 heteroatoms. The highest BCUT2D eigenvalue weighted by atomic mass is 32.1. The van der Waals surface area contributed by atoms with Gasteiger partial charge in [0.25, 0.3) is 0 Å². The predicted molar refractivity (Wildman–Crippen MR) is 62.1 cm³/mol. The summed E-state index contributed by atoms with van der Waals surface area (Å²) in [4.78, 5) is 39.7. The van der Waals surface area contributed by atoms with E-state index >= 15 is 0 Å². The lowest BCUT2D eigenvalue weighted by Gasteiger charge is -2.32. The minimum absolute atomic E-state index is 0.0933. The summed E-state index contributed by atoms with van der Waals surface area (Å²) in [5, 5.41) is 2.82. The van der Waals surface area contributed by atoms with Crippen molar-refractivity contribution in [2.24, 2.45) is 0 Å². The molecule has 0 radical (unpaired) electrons. The van der Waals surface area contributed by atoms with E-state index in [1.165, 1.54) is 17.5 Å². The summed E-state index contributed by atoms with van der Waals surface area (Å²) in [6, 6.07) is -0.404. The Morgan fingerprint density at radius 2 is 2.41 bits per heavy atom. The lowest BCUT2D eigenvalue weighted by atomic mass is 10.1. The van der Waals surface area contributed by atoms with Crippen molar-refractivity contribution < 1.29 is 14.4 Å². The number of piperazine rings is 1. The molecule has 17 heavy (non-hydrogen) atoms. The largest absolute Gasteiger partial charge is 0.327 e. The fourth-order valence-corrected chi connectivity index (χ4v) is 2.52. The maximum atomic E-state index is 11.6. The van der Waals surface area contributed by atoms with E-state index in [1.54, 1.807) is 4.90 Å². The Hall–Kier alpha value is -1.76. The van der Waals surface area contributed by atoms with Crippen LogP contribution in [0.3, 0.4) is 0 Å². The molecule has 1 aliphatic heterocycles. The van der Waals surface area contributed by atoms with Crippen LogP contribution >= 0.6 is 11.3 Å². The minimum Gasteiger partial charge on any atom is -0.327 e. The number of carbonyl (C=O) groups excluding carboxylic acids is 3. The number of anilines is 1. The molecular weight excluding hydrogens is 242 g/mol. The lowest BCUT2D eigenvalue weighted by molar-refractivity contribution is -0.132. The molecule has 1 N–H and O–H groups in total. The average molecular weight is 253 g/mol. The van der Waals surface area contributed by atoms with Crippen molar-refractivity contribution in [3.8, 4) is 0 Å². The van der Waals surface area contributed by atoms with Crippen molar-refractivity contribution in [1.29, 1.82) is 0 Å². The van der Waals surface area contributed by atoms with Crippen LogP contribution in [-0.2, 0) is 9.59 Å². The second kappa shape index (κ2) is 4.62. The Morgan fingerprint density at radius 1 is 1.65 bits per heavy atom. The molecule has 0 aromatic carbocycles. The Kier molecular flexibility index (Phi) is 3.19. The molecule has 1 saturated heterocycles. The van der Waals surface area contributed by atoms with Crippen LogP contribution in [0.5, 0.6) is 0 Å². The van der Waals surface area contributed by atoms with E-state index in [1.807, 2.05) is 6.92 Å². The maximum Gasteiger partial charge on any atom is 0.249 e. The van der Waals surface area contributed by atoms with Crippen molar-refractivity contribution in [3.63, 3.8) is 0 Å². The fraction of sp³-hybridized carbons (Fsp3) is 0.400. The van der Waals surface area contributed by atoms with E-state index in [4.69, 9.17) is 0 Å². The fourth-order valence-electron chi connectivity index (χ4n) is 1.74. The summed E-state index contributed by atoms with van der Waals surface area (Å²) in [6.07, 6.45) is 2.72. The van der Waals surface area contributed by atoms with Crippen LogP contribution < -0.4 is 10.2 Å². The zero-order chi connectivity index (χ0) is 12.4. The molecule has 1 aromatic heterocycles. The van der Waals surface area contributed by atoms with Crippen LogP contribution in [0.2, 0.25) is 0 Å². The number of hydrogen-bond donors (Lipinski definition) is 1. The number of aldehydes is 1. The van der Waals surface area contributed by atoms with E-state index in [0.29, 0.717) is 22.7 Å². The van der Waals surface area contributed by atoms with Crippen LogP contribution in [0, 0.1) is 0 Å². The quantitative estimate of drug-likeness (QED) is 0.614. The molecule has 2 rings (SSSR count). The number of thiazole rings is 1. The van der Waals surface area contributed by atoms with Crippen LogP contribution in [0.25, 0.3) is 0 Å². The van der Waals surface area contributed by atoms with Gasteiger partial charge in [0.2, 0.25) is 11.8 Å². The zero-order valence-electron chi connectivity index (χ0n) is 9.17. The van der Waals surface area contributed by atoms with Gasteiger partial charge < -0.3 is 4.90 Å². The number of rotatable bonds is 3. The first kappa shape index (κ1) is 11.7. The Morgan fingerprint density at radius 3 is 3.00 bits per heavy atom. The van der Waals surface area contributed by atoms with Crippen LogP contribution in [-0.4, -0.2) is 35.7 Å². The van der Waals surface area contributed by atoms with E-state index in [-0.39, 0.29) is 18.4 Å². The number of imide groups is 1. The third-order valence-electron chi connectivity index (χ3n) is 2.52. The summed E-state index contributed by atoms with van der Waals surface area (Å²) in [5.41, 5.74) is 0. The molecule has 1 unspecified atom stereocenters. The minimum atomic E-state index is -0.404. The van der Waals surface area contributed by atoms with E-state index in [0.717, 1.165) is 0 Å². The summed E-state index contributed by atoms with van der Waals surface area (Å²) in [5.74, 6) is -0.658. The molecule has 1 aliphatic rings. The molecule has 0 bridgehead atoms. The zero-order valence-corrected chi connectivity index (χ0v) is 9.99. The number of hydrogen-bond acceptors (Lipinski definition) is 6. The smallest absolute Gasteiger partial charge is 0.249 e. The summed E-state index contributed by atoms with van der Waals surface area (Å²) in [7, 11) is 0. The summed E-state index contributed by atoms with van der Waals surface area (Å²) >= 11 is 1.18. The van der Waals surface area contributed by atoms with Crippen molar-refractivity contribution in [1.82, 2.24) is 10.3 Å². The van der Waals surface area contributed by atoms with Crippen molar-refractivity contribution >= 4 is 34.6 Å². The van der Waals surface area contributed by atoms with Gasteiger partial charge in [0.15, 0.2) is 11.4 Å². The third kappa shape index (κ3) is 2.19. The molecule has 1 aromatic rings. The SMILES string of the molecule is CCC1C(=O)NC(=O)CN1c1ncc(C=O)s1. The first-order valence-corrected chi connectivity index (χ1v) is 5.98. The topological polar surface area (TPSA) is 79.4 Å². The Bertz CT molecular complexity index is 471. The van der Waals surface area contributed by atoms with Gasteiger partial charge in [-0.25, -0.2) is 4.98 Å². The molecule has 90 valence electrons. The molecule has 0 aliphatic carbocycles. The van der Waals surface area contributed by atoms with Gasteiger partial charge >= 0.3 is 0 Å². The van der Waals surface area contributed by atoms with E-state index < -0.39 is 6.04 Å². The van der Waals surface area contributed by atoms with Gasteiger partial charge in [-0.1, -0.05) is 18.3 Å². The first-order valence-electron chi connectivity index (χ1n) is 5.17. The van der Waals surface area contributed by atoms with Crippen LogP contribution in [0.1, 0.15) is 23.0 Å². The third-order valence-corrected chi connectivity index (χ3v) is 3.48. The molecule has 1 atom stereocenters. The average Bonchev–Trinajstić information content (AvgIpc) is 2.76. The van der Waals surface area contributed by atoms with Crippen LogP contribution in [0.15, 0.2) is 6.20 Å². The second-order valence-electron chi connectivity index (χ2n) is 3.63. The molecule has 6 nitrogen and oxygen atoms in total. The number of nitrogens with one attached hydrogen (secondary N) is 1. The predicted octanol–water partition coefficient (Wildman–Crippen LogP) is 0.197. The lowest BCUT2D eigenvalue weighted by Crippen LogP contribution is -2.58. The highest BCUT2D eigenvalue weighted by Gasteiger charge is 2.33. The molecule has 1 fully saturated rings. The first-order chi connectivity index (χ1) is 8.15. The van der Waals surface area contributed by atoms with E-state index in [2.05, 4.69) is 10.3 Å². The van der Waals surface area contributed by atoms with Gasteiger partial charge in [-0.2, -0.15) is 0 Å². The number of amides is 2. The molecule has 0 spiro atoms. The molecular formula is C10H11N3O3S. The van der Waals surface area contributed by atoms with Gasteiger partial charge in [-0.3, -0.25) is 19.7 Å². The van der Waals surface area contributed by atoms with Gasteiger partial charge in [-0.15, -0.1) is 0 Å². The Labute approximate surface area is 102 Å². The van der Waals surface area contributed by atoms with Crippen LogP contribution in [0.4, 0.5) is 5.13 Å². The normalized spacial score (nSPS) is 20.3. The maximum absolute atomic E-state index is 11.6. The van der Waals surface area contributed by atoms with Gasteiger partial charge in [-0.05, 0) is 6.42 Å². The molecule has 2 amide bonds. The van der Waals surface area contributed by atoms with Gasteiger partial charge in [0.1, 0.15) is 12.6 Å². The van der Waals surface area contributed by atoms with Gasteiger partial charge in [0, 0.05) is 0 Å². The van der Waals surface area contributed by atoms with Crippen molar-refractivity contribution in [2.45, 2.75) is 19.4 Å². The number of carbonyl (C=O) groups is 3. The van der Waals surface area contributed by atoms with E-state index in [9.17, 15) is 14.4 Å². The standard InChI is InChI=1S/C10H11N3O3S/c1-2-7-9(16)12-8(15)4-13(7)10-11-3-6(5-14)17-10/h3,5,7H,2,4H2,1H3,(H,12,15,16). The number of nitrogens with zero attached hydrogens (tertiary/aromatic N) is 2. The summed E-state index contributed by atoms with van der Waals surface area (Å²) in [6.45, 7) is 1.96. The van der Waals surface area contributed by atoms with Crippen molar-refractivity contribution in [3.05, 3.63) is 11.1 Å². The Balaban J connectivity index is 2.30. The molecule has 0 saturated carbocycles. The second-order valence-corrected chi connectivity index (χ2v) is 4.67. The highest BCUT2D eigenvalue weighted by molar-refractivity contribution is 7.17. The highest BCUT2D eigenvalue weighted by Crippen LogP contribution is 2.25.